The molecule has 0 heterocycles. The van der Waals surface area contributed by atoms with Gasteiger partial charge in [0.15, 0.2) is 0 Å². The first-order chi connectivity index (χ1) is 69.4. The molecule has 15 unspecified atom stereocenters. The van der Waals surface area contributed by atoms with E-state index in [1.165, 1.54) is 135 Å². The van der Waals surface area contributed by atoms with Crippen molar-refractivity contribution in [1.29, 1.82) is 0 Å². The highest BCUT2D eigenvalue weighted by atomic mass is 16.4. The molecule has 20 fully saturated rings. The number of aliphatic carboxylic acids is 4. The first-order valence-corrected chi connectivity index (χ1v) is 63.0. The molecule has 0 amide bonds. The normalized spacial score (nSPS) is 51.9. The number of aliphatic hydroxyl groups excluding tert-OH is 10. The molecule has 20 rings (SSSR count). The fraction of sp³-hybridized carbons (Fsp3) is 0.969. The lowest BCUT2D eigenvalue weighted by atomic mass is 9.41. The van der Waals surface area contributed by atoms with Crippen molar-refractivity contribution in [3.63, 3.8) is 0 Å². The molecule has 14 N–H and O–H groups in total. The summed E-state index contributed by atoms with van der Waals surface area (Å²) in [5.74, 6) is 14.6. The van der Waals surface area contributed by atoms with E-state index in [-0.39, 0.29) is 124 Å². The monoisotopic (exact) mass is 2060 g/mol. The Hall–Kier alpha value is -2.52. The van der Waals surface area contributed by atoms with Crippen molar-refractivity contribution in [1.82, 2.24) is 0 Å². The zero-order valence-electron chi connectivity index (χ0n) is 96.4. The van der Waals surface area contributed by atoms with Crippen LogP contribution >= 0.6 is 0 Å². The lowest BCUT2D eigenvalue weighted by molar-refractivity contribution is -0.203. The van der Waals surface area contributed by atoms with Crippen molar-refractivity contribution in [3.05, 3.63) is 0 Å². The van der Waals surface area contributed by atoms with Crippen LogP contribution in [0.5, 0.6) is 0 Å². The molecular weight excluding hydrogens is 1840 g/mol. The summed E-state index contributed by atoms with van der Waals surface area (Å²) in [6, 6.07) is 0. The lowest BCUT2D eigenvalue weighted by Gasteiger charge is -2.64. The number of aliphatic hydroxyl groups is 10. The molecule has 18 nitrogen and oxygen atoms in total. The molecule has 0 bridgehead atoms. The van der Waals surface area contributed by atoms with Gasteiger partial charge in [-0.15, -0.1) is 0 Å². The van der Waals surface area contributed by atoms with E-state index < -0.39 is 23.9 Å². The van der Waals surface area contributed by atoms with E-state index in [0.29, 0.717) is 219 Å². The third-order valence-corrected chi connectivity index (χ3v) is 54.4. The summed E-state index contributed by atoms with van der Waals surface area (Å²) in [6.07, 6.45) is 50.2. The van der Waals surface area contributed by atoms with Crippen molar-refractivity contribution < 1.29 is 90.7 Å². The van der Waals surface area contributed by atoms with Gasteiger partial charge in [0.2, 0.25) is 0 Å². The molecule has 0 saturated heterocycles. The molecule has 0 aromatic rings. The van der Waals surface area contributed by atoms with Crippen LogP contribution < -0.4 is 0 Å². The maximum absolute atomic E-state index is 11.7. The first kappa shape index (κ1) is 117. The predicted molar refractivity (Wildman–Crippen MR) is 583 cm³/mol. The van der Waals surface area contributed by atoms with Crippen LogP contribution in [0.4, 0.5) is 0 Å². The Bertz CT molecular complexity index is 4260. The smallest absolute Gasteiger partial charge is 0.303 e. The summed E-state index contributed by atoms with van der Waals surface area (Å²) in [7, 11) is 0. The molecule has 0 radical (unpaired) electrons. The number of fused-ring (bicyclic) bond motifs is 25. The highest BCUT2D eigenvalue weighted by Gasteiger charge is 2.73. The topological polar surface area (TPSA) is 352 Å². The Labute approximate surface area is 891 Å². The molecule has 20 aliphatic carbocycles. The zero-order valence-corrected chi connectivity index (χ0v) is 96.4. The molecular formula is C129H220O18. The molecule has 0 spiro atoms. The Morgan fingerprint density at radius 3 is 0.673 bits per heavy atom. The number of carboxylic acids is 4. The van der Waals surface area contributed by atoms with E-state index in [4.69, 9.17) is 15.3 Å². The molecule has 18 heteroatoms. The van der Waals surface area contributed by atoms with Gasteiger partial charge in [0.05, 0.1) is 54.9 Å². The molecule has 54 atom stereocenters. The van der Waals surface area contributed by atoms with Crippen LogP contribution in [-0.2, 0) is 19.2 Å². The van der Waals surface area contributed by atoms with E-state index in [9.17, 15) is 75.3 Å². The van der Waals surface area contributed by atoms with Gasteiger partial charge >= 0.3 is 23.9 Å². The van der Waals surface area contributed by atoms with Gasteiger partial charge in [0.25, 0.3) is 0 Å². The molecule has 20 aliphatic rings. The lowest BCUT2D eigenvalue weighted by Crippen LogP contribution is -2.62. The van der Waals surface area contributed by atoms with Gasteiger partial charge in [-0.1, -0.05) is 183 Å². The molecule has 20 saturated carbocycles. The Kier molecular flexibility index (Phi) is 36.4. The molecule has 0 aromatic carbocycles. The van der Waals surface area contributed by atoms with E-state index in [2.05, 4.69) is 138 Å². The van der Waals surface area contributed by atoms with Gasteiger partial charge < -0.3 is 71.5 Å². The van der Waals surface area contributed by atoms with E-state index >= 15 is 0 Å². The Balaban J connectivity index is 0.000000131. The second-order valence-electron chi connectivity index (χ2n) is 59.6. The van der Waals surface area contributed by atoms with Gasteiger partial charge in [-0.3, -0.25) is 19.2 Å². The van der Waals surface area contributed by atoms with Crippen molar-refractivity contribution >= 4 is 23.9 Å². The number of hydrogen-bond acceptors (Lipinski definition) is 14. The van der Waals surface area contributed by atoms with E-state index in [1.54, 1.807) is 0 Å². The standard InChI is InChI=1S/2C26H44O4.C26H46O3.C26H44O3.C25H42O4/c2*1-5-17-21-14-16(27)10-12-26(21,4)20-11-13-25(3)18(15(2)6-9-22(28)29)7-8-19(25)23(20)24(17)30;1-5-18-22-15-17(28)10-12-26(22,4)21-11-13-25(3)19(16(2)7-6-14-27)8-9-20(25)23(21)24(18)29;1-5-17-19-8-6-7-14-25(19,3)21-13-15-26(4)18(16(2)9-12-22(27)28)10-11-20(26)23(21)24(17)29;1-5-16-20-13-15(26)8-10-25(20,4)19-9-11-24(3)17(14(2)12-21(27)28)6-7-18(24)22(19)23(16)29/h2*15-21,23-24,27,30H,5-14H2,1-4H3,(H,28,29);16-24,27-29H,5-15H2,1-4H3;16-21,23-24,29H,5-15H2,1-4H3,(H,27,28);14-20,22-23,26,29H,5-13H2,1-4H3,(H,27,28)/t15-,16+,17-,18-,19?,20?,21+,23?,24+,25-,26-;15-,16+,17-,18-,19?,20?,21+,23?,24-,25-,26-;16-,17+,18+,19-,20?,21?,22+,23?,24-,25-,26-;16-,17-,18-,19+,20?,21?,23?,24+,25+,26-;14-,15+,16-,17-,18?,19?,20+,22?,23-,24-,25-/m11111/s1. The van der Waals surface area contributed by atoms with Gasteiger partial charge in [-0.25, -0.2) is 0 Å². The Morgan fingerprint density at radius 2 is 0.449 bits per heavy atom. The van der Waals surface area contributed by atoms with Crippen LogP contribution in [0.15, 0.2) is 0 Å². The van der Waals surface area contributed by atoms with Gasteiger partial charge in [-0.05, 0) is 512 Å². The minimum absolute atomic E-state index is 0.126. The molecule has 0 aromatic heterocycles. The van der Waals surface area contributed by atoms with Crippen molar-refractivity contribution in [2.45, 2.75) is 514 Å². The van der Waals surface area contributed by atoms with Gasteiger partial charge in [0, 0.05) is 32.3 Å². The average molecular weight is 2060 g/mol. The summed E-state index contributed by atoms with van der Waals surface area (Å²) in [5.41, 5.74) is 2.72. The zero-order chi connectivity index (χ0) is 107. The SMILES string of the molecule is CC[C@@H]1[C@@H](O)C2C3CC[C@H]([C@H](C)CCCO)[C@@]3(C)CCC2[C@@]2(C)CC[C@H](O)C[C@@H]12.CC[C@H]1[C@@H](O)C2C3CC[C@H]([C@H](C)CC(=O)O)[C@@]3(C)CCC2[C@@]2(C)CC[C@H](O)C[C@@H]12.CC[C@H]1[C@@H](O)C2C3CC[C@H]([C@H](C)CCC(=O)O)[C@@]3(C)CCC2[C@@]2(C)CC[C@H](O)C[C@@H]12.CC[C@H]1[C@H](O)C2C3CC[C@H]([C@H](C)CCC(=O)O)[C@@]3(C)CCC2[C@@]2(C)CCCC[C@@H]12.CC[C@H]1[C@H](O)C2C3CC[C@H]([C@H](C)CCC(=O)O)[C@@]3(C)CCC2[C@@]2(C)CC[C@H](O)C[C@@H]12. The number of carboxylic acid groups (broad SMARTS) is 4. The van der Waals surface area contributed by atoms with Crippen LogP contribution in [-0.4, -0.2) is 157 Å². The summed E-state index contributed by atoms with van der Waals surface area (Å²) in [4.78, 5) is 44.7. The van der Waals surface area contributed by atoms with Crippen molar-refractivity contribution in [2.24, 2.45) is 261 Å². The molecule has 844 valence electrons. The summed E-state index contributed by atoms with van der Waals surface area (Å²) < 4.78 is 0. The largest absolute Gasteiger partial charge is 0.481 e. The summed E-state index contributed by atoms with van der Waals surface area (Å²) in [6.45, 7) is 47.8. The average Bonchev–Trinajstić information content (AvgIpc) is 1.66. The predicted octanol–water partition coefficient (Wildman–Crippen LogP) is 26.1. The van der Waals surface area contributed by atoms with Crippen LogP contribution in [0.3, 0.4) is 0 Å². The van der Waals surface area contributed by atoms with Crippen LogP contribution in [0.25, 0.3) is 0 Å². The summed E-state index contributed by atoms with van der Waals surface area (Å²) >= 11 is 0. The maximum Gasteiger partial charge on any atom is 0.303 e. The van der Waals surface area contributed by atoms with E-state index in [1.807, 2.05) is 0 Å². The van der Waals surface area contributed by atoms with Crippen LogP contribution in [0.2, 0.25) is 0 Å². The fourth-order valence-corrected chi connectivity index (χ4v) is 47.4. The third kappa shape index (κ3) is 20.6. The first-order valence-electron chi connectivity index (χ1n) is 63.0. The molecule has 147 heavy (non-hydrogen) atoms. The van der Waals surface area contributed by atoms with Crippen LogP contribution in [0.1, 0.15) is 460 Å². The van der Waals surface area contributed by atoms with Gasteiger partial charge in [-0.2, -0.15) is 0 Å². The van der Waals surface area contributed by atoms with Crippen molar-refractivity contribution in [2.75, 3.05) is 6.61 Å². The minimum atomic E-state index is -0.683. The van der Waals surface area contributed by atoms with Crippen LogP contribution in [0, 0.1) is 261 Å². The number of carbonyl (C=O) groups is 4. The Morgan fingerprint density at radius 1 is 0.238 bits per heavy atom. The fourth-order valence-electron chi connectivity index (χ4n) is 47.4. The highest BCUT2D eigenvalue weighted by molar-refractivity contribution is 5.68. The third-order valence-electron chi connectivity index (χ3n) is 54.4. The van der Waals surface area contributed by atoms with E-state index in [0.717, 1.165) is 166 Å². The van der Waals surface area contributed by atoms with Gasteiger partial charge in [0.1, 0.15) is 0 Å². The maximum atomic E-state index is 11.7. The minimum Gasteiger partial charge on any atom is -0.481 e. The number of hydrogen-bond donors (Lipinski definition) is 14. The second kappa shape index (κ2) is 45.7. The number of rotatable bonds is 24. The van der Waals surface area contributed by atoms with Crippen molar-refractivity contribution in [3.8, 4) is 0 Å². The highest BCUT2D eigenvalue weighted by Crippen LogP contribution is 2.78. The quantitative estimate of drug-likeness (QED) is 0.0427. The second-order valence-corrected chi connectivity index (χ2v) is 59.6. The molecule has 0 aliphatic heterocycles. The summed E-state index contributed by atoms with van der Waals surface area (Å²) in [5, 5.41) is 146.